The molecule has 5 nitrogen and oxygen atoms in total. The molecular formula is C15H16Cl3N3O2S2. The van der Waals surface area contributed by atoms with E-state index in [0.29, 0.717) is 24.8 Å². The van der Waals surface area contributed by atoms with E-state index in [1.54, 1.807) is 0 Å². The van der Waals surface area contributed by atoms with Crippen molar-refractivity contribution in [1.29, 1.82) is 0 Å². The van der Waals surface area contributed by atoms with Gasteiger partial charge in [-0.1, -0.05) is 30.1 Å². The first-order valence-corrected chi connectivity index (χ1v) is 9.72. The third-order valence-electron chi connectivity index (χ3n) is 3.96. The highest BCUT2D eigenvalue weighted by Crippen LogP contribution is 2.38. The average Bonchev–Trinajstić information content (AvgIpc) is 3.05. The zero-order chi connectivity index (χ0) is 17.4. The molecule has 0 aromatic carbocycles. The minimum absolute atomic E-state index is 0. The van der Waals surface area contributed by atoms with Gasteiger partial charge in [0.2, 0.25) is 0 Å². The van der Waals surface area contributed by atoms with Crippen LogP contribution in [0.4, 0.5) is 5.00 Å². The van der Waals surface area contributed by atoms with Gasteiger partial charge >= 0.3 is 0 Å². The highest BCUT2D eigenvalue weighted by atomic mass is 35.5. The Morgan fingerprint density at radius 2 is 2.08 bits per heavy atom. The molecule has 3 heterocycles. The minimum Gasteiger partial charge on any atom is -0.365 e. The van der Waals surface area contributed by atoms with Crippen molar-refractivity contribution in [2.24, 2.45) is 5.73 Å². The molecule has 0 radical (unpaired) electrons. The topological polar surface area (TPSA) is 75.4 Å². The Kier molecular flexibility index (Phi) is 6.75. The Labute approximate surface area is 169 Å². The summed E-state index contributed by atoms with van der Waals surface area (Å²) in [6.45, 7) is 4.67. The summed E-state index contributed by atoms with van der Waals surface area (Å²) in [5, 5.41) is 3.26. The van der Waals surface area contributed by atoms with Gasteiger partial charge in [-0.15, -0.1) is 35.1 Å². The number of hydrogen-bond acceptors (Lipinski definition) is 5. The van der Waals surface area contributed by atoms with Crippen molar-refractivity contribution in [3.05, 3.63) is 36.3 Å². The first kappa shape index (κ1) is 20.5. The lowest BCUT2D eigenvalue weighted by Crippen LogP contribution is -2.30. The van der Waals surface area contributed by atoms with Crippen LogP contribution in [0.1, 0.15) is 38.1 Å². The summed E-state index contributed by atoms with van der Waals surface area (Å²) in [4.78, 5) is 27.7. The Morgan fingerprint density at radius 3 is 2.64 bits per heavy atom. The molecule has 0 fully saturated rings. The minimum atomic E-state index is -0.526. The number of carbonyl (C=O) groups excluding carboxylic acids is 2. The number of thiophene rings is 2. The first-order chi connectivity index (χ1) is 11.4. The molecule has 2 amide bonds. The van der Waals surface area contributed by atoms with Crippen LogP contribution in [-0.4, -0.2) is 29.8 Å². The molecular weight excluding hydrogens is 425 g/mol. The van der Waals surface area contributed by atoms with Crippen LogP contribution < -0.4 is 11.1 Å². The second-order valence-corrected chi connectivity index (χ2v) is 8.77. The van der Waals surface area contributed by atoms with Gasteiger partial charge in [-0.3, -0.25) is 14.5 Å². The van der Waals surface area contributed by atoms with Crippen LogP contribution in [0.5, 0.6) is 0 Å². The molecule has 10 heteroatoms. The lowest BCUT2D eigenvalue weighted by atomic mass is 10.0. The number of nitrogens with one attached hydrogen (secondary N) is 1. The van der Waals surface area contributed by atoms with Gasteiger partial charge in [-0.25, -0.2) is 0 Å². The molecule has 1 aliphatic rings. The van der Waals surface area contributed by atoms with E-state index in [4.69, 9.17) is 28.9 Å². The van der Waals surface area contributed by atoms with Gasteiger partial charge in [0.1, 0.15) is 9.34 Å². The highest BCUT2D eigenvalue weighted by Gasteiger charge is 2.28. The fraction of sp³-hybridized carbons (Fsp3) is 0.333. The second-order valence-electron chi connectivity index (χ2n) is 5.38. The molecule has 0 unspecified atom stereocenters. The fourth-order valence-corrected chi connectivity index (χ4v) is 5.49. The number of nitrogens with two attached hydrogens (primary N) is 1. The standard InChI is InChI=1S/C15H15Cl2N3O2S2.ClH/c1-2-20-4-3-7-9(6-20)23-15(11(7)13(18)21)19-14(22)8-5-10(16)24-12(8)17;/h5H,2-4,6H2,1H3,(H2,18,21)(H,19,22);1H. The summed E-state index contributed by atoms with van der Waals surface area (Å²) >= 11 is 14.4. The van der Waals surface area contributed by atoms with Crippen molar-refractivity contribution in [3.8, 4) is 0 Å². The number of primary amides is 1. The zero-order valence-corrected chi connectivity index (χ0v) is 17.2. The molecule has 1 aliphatic heterocycles. The van der Waals surface area contributed by atoms with Gasteiger partial charge in [0.15, 0.2) is 0 Å². The van der Waals surface area contributed by atoms with Gasteiger partial charge < -0.3 is 11.1 Å². The second kappa shape index (κ2) is 8.24. The number of rotatable bonds is 4. The first-order valence-electron chi connectivity index (χ1n) is 7.33. The van der Waals surface area contributed by atoms with Gasteiger partial charge in [-0.2, -0.15) is 0 Å². The average molecular weight is 441 g/mol. The smallest absolute Gasteiger partial charge is 0.258 e. The summed E-state index contributed by atoms with van der Waals surface area (Å²) in [7, 11) is 0. The number of fused-ring (bicyclic) bond motifs is 1. The van der Waals surface area contributed by atoms with E-state index in [0.717, 1.165) is 47.8 Å². The van der Waals surface area contributed by atoms with E-state index in [1.807, 2.05) is 0 Å². The Hall–Kier alpha value is -0.830. The van der Waals surface area contributed by atoms with E-state index in [9.17, 15) is 9.59 Å². The van der Waals surface area contributed by atoms with Crippen molar-refractivity contribution < 1.29 is 9.59 Å². The number of hydrogen-bond donors (Lipinski definition) is 2. The summed E-state index contributed by atoms with van der Waals surface area (Å²) in [6, 6.07) is 1.51. The molecule has 0 aliphatic carbocycles. The van der Waals surface area contributed by atoms with Crippen LogP contribution >= 0.6 is 58.3 Å². The van der Waals surface area contributed by atoms with Crippen LogP contribution in [0.25, 0.3) is 0 Å². The lowest BCUT2D eigenvalue weighted by molar-refractivity contribution is 0.1000. The fourth-order valence-electron chi connectivity index (χ4n) is 2.74. The van der Waals surface area contributed by atoms with E-state index >= 15 is 0 Å². The van der Waals surface area contributed by atoms with Crippen LogP contribution in [0.2, 0.25) is 8.67 Å². The molecule has 0 spiro atoms. The summed E-state index contributed by atoms with van der Waals surface area (Å²) in [5.74, 6) is -0.918. The van der Waals surface area contributed by atoms with Crippen molar-refractivity contribution >= 4 is 75.1 Å². The van der Waals surface area contributed by atoms with Crippen LogP contribution in [-0.2, 0) is 13.0 Å². The molecule has 0 atom stereocenters. The number of nitrogens with zero attached hydrogens (tertiary/aromatic N) is 1. The highest BCUT2D eigenvalue weighted by molar-refractivity contribution is 7.20. The van der Waals surface area contributed by atoms with Crippen LogP contribution in [0, 0.1) is 0 Å². The predicted molar refractivity (Wildman–Crippen MR) is 107 cm³/mol. The summed E-state index contributed by atoms with van der Waals surface area (Å²) in [6.07, 6.45) is 0.749. The third kappa shape index (κ3) is 4.13. The van der Waals surface area contributed by atoms with E-state index in [2.05, 4.69) is 17.1 Å². The zero-order valence-electron chi connectivity index (χ0n) is 13.2. The molecule has 0 saturated carbocycles. The van der Waals surface area contributed by atoms with Crippen LogP contribution in [0.15, 0.2) is 6.07 Å². The molecule has 2 aromatic rings. The summed E-state index contributed by atoms with van der Waals surface area (Å²) in [5.41, 5.74) is 7.21. The van der Waals surface area contributed by atoms with Crippen molar-refractivity contribution in [2.45, 2.75) is 19.9 Å². The third-order valence-corrected chi connectivity index (χ3v) is 6.58. The number of halogens is 3. The lowest BCUT2D eigenvalue weighted by Gasteiger charge is -2.25. The molecule has 136 valence electrons. The normalized spacial score (nSPS) is 13.9. The Morgan fingerprint density at radius 1 is 1.36 bits per heavy atom. The van der Waals surface area contributed by atoms with Crippen LogP contribution in [0.3, 0.4) is 0 Å². The SMILES string of the molecule is CCN1CCc2c(sc(NC(=O)c3cc(Cl)sc3Cl)c2C(N)=O)C1.Cl. The molecule has 25 heavy (non-hydrogen) atoms. The monoisotopic (exact) mass is 439 g/mol. The van der Waals surface area contributed by atoms with Gasteiger partial charge in [0.05, 0.1) is 15.5 Å². The Balaban J connectivity index is 0.00000225. The Bertz CT molecular complexity index is 819. The van der Waals surface area contributed by atoms with Gasteiger partial charge in [-0.05, 0) is 24.6 Å². The number of amides is 2. The molecule has 0 saturated heterocycles. The van der Waals surface area contributed by atoms with Crippen molar-refractivity contribution in [2.75, 3.05) is 18.4 Å². The maximum absolute atomic E-state index is 12.5. The maximum atomic E-state index is 12.5. The summed E-state index contributed by atoms with van der Waals surface area (Å²) < 4.78 is 0.751. The molecule has 3 N–H and O–H groups in total. The van der Waals surface area contributed by atoms with E-state index in [-0.39, 0.29) is 12.4 Å². The number of likely N-dealkylation sites (N-methyl/N-ethyl adjacent to an activating group) is 1. The van der Waals surface area contributed by atoms with Gasteiger partial charge in [0, 0.05) is 18.0 Å². The largest absolute Gasteiger partial charge is 0.365 e. The van der Waals surface area contributed by atoms with Gasteiger partial charge in [0.25, 0.3) is 11.8 Å². The van der Waals surface area contributed by atoms with E-state index in [1.165, 1.54) is 17.4 Å². The van der Waals surface area contributed by atoms with Crippen molar-refractivity contribution in [3.63, 3.8) is 0 Å². The number of carbonyl (C=O) groups is 2. The number of anilines is 1. The predicted octanol–water partition coefficient (Wildman–Crippen LogP) is 4.27. The van der Waals surface area contributed by atoms with E-state index < -0.39 is 11.8 Å². The van der Waals surface area contributed by atoms with Crippen molar-refractivity contribution in [1.82, 2.24) is 4.90 Å². The maximum Gasteiger partial charge on any atom is 0.258 e. The molecule has 3 rings (SSSR count). The molecule has 2 aromatic heterocycles. The quantitative estimate of drug-likeness (QED) is 0.745. The molecule has 0 bridgehead atoms.